The van der Waals surface area contributed by atoms with E-state index in [-0.39, 0.29) is 17.9 Å². The van der Waals surface area contributed by atoms with Crippen molar-refractivity contribution < 1.29 is 13.6 Å². The summed E-state index contributed by atoms with van der Waals surface area (Å²) in [5.74, 6) is 4.89. The van der Waals surface area contributed by atoms with Gasteiger partial charge in [0.05, 0.1) is 12.1 Å². The quantitative estimate of drug-likeness (QED) is 0.572. The van der Waals surface area contributed by atoms with Crippen molar-refractivity contribution in [2.24, 2.45) is 5.84 Å². The average Bonchev–Trinajstić information content (AvgIpc) is 2.82. The molecular formula is C12H13FN4O2. The zero-order valence-corrected chi connectivity index (χ0v) is 10.2. The molecule has 0 fully saturated rings. The van der Waals surface area contributed by atoms with Crippen molar-refractivity contribution in [1.82, 2.24) is 10.3 Å². The lowest BCUT2D eigenvalue weighted by molar-refractivity contribution is 0.0944. The third-order valence-corrected chi connectivity index (χ3v) is 2.49. The predicted molar refractivity (Wildman–Crippen MR) is 66.6 cm³/mol. The summed E-state index contributed by atoms with van der Waals surface area (Å²) in [5, 5.41) is 2.55. The highest BCUT2D eigenvalue weighted by molar-refractivity contribution is 5.95. The molecule has 0 atom stereocenters. The molecule has 0 saturated heterocycles. The minimum Gasteiger partial charge on any atom is -0.465 e. The fourth-order valence-corrected chi connectivity index (χ4v) is 1.56. The molecule has 0 aromatic carbocycles. The number of amides is 1. The van der Waals surface area contributed by atoms with Crippen LogP contribution in [0.2, 0.25) is 0 Å². The third-order valence-electron chi connectivity index (χ3n) is 2.49. The molecule has 2 aromatic heterocycles. The molecule has 0 aliphatic rings. The summed E-state index contributed by atoms with van der Waals surface area (Å²) in [6.07, 6.45) is 1.30. The Hall–Kier alpha value is -2.41. The number of anilines is 1. The lowest BCUT2D eigenvalue weighted by Crippen LogP contribution is -2.24. The van der Waals surface area contributed by atoms with Crippen LogP contribution in [0.1, 0.15) is 21.9 Å². The van der Waals surface area contributed by atoms with E-state index in [9.17, 15) is 9.18 Å². The molecule has 100 valence electrons. The number of rotatable bonds is 4. The van der Waals surface area contributed by atoms with Gasteiger partial charge in [-0.1, -0.05) is 0 Å². The van der Waals surface area contributed by atoms with E-state index >= 15 is 0 Å². The topological polar surface area (TPSA) is 93.2 Å². The fraction of sp³-hybridized carbons (Fsp3) is 0.167. The van der Waals surface area contributed by atoms with E-state index in [1.807, 2.05) is 0 Å². The van der Waals surface area contributed by atoms with Gasteiger partial charge < -0.3 is 15.2 Å². The number of hydrogen-bond donors (Lipinski definition) is 3. The van der Waals surface area contributed by atoms with Crippen molar-refractivity contribution in [2.75, 3.05) is 5.43 Å². The number of pyridine rings is 1. The van der Waals surface area contributed by atoms with Crippen LogP contribution in [0.4, 0.5) is 10.2 Å². The van der Waals surface area contributed by atoms with Gasteiger partial charge in [0.25, 0.3) is 5.91 Å². The summed E-state index contributed by atoms with van der Waals surface area (Å²) in [4.78, 5) is 15.5. The molecule has 0 unspecified atom stereocenters. The van der Waals surface area contributed by atoms with E-state index in [1.165, 1.54) is 12.3 Å². The van der Waals surface area contributed by atoms with Gasteiger partial charge in [-0.05, 0) is 25.1 Å². The zero-order chi connectivity index (χ0) is 13.8. The third kappa shape index (κ3) is 2.89. The molecule has 0 radical (unpaired) electrons. The maximum atomic E-state index is 13.8. The first kappa shape index (κ1) is 13.0. The van der Waals surface area contributed by atoms with E-state index in [0.717, 1.165) is 5.76 Å². The number of aryl methyl sites for hydroxylation is 1. The highest BCUT2D eigenvalue weighted by Crippen LogP contribution is 2.14. The second kappa shape index (κ2) is 5.49. The largest absolute Gasteiger partial charge is 0.465 e. The summed E-state index contributed by atoms with van der Waals surface area (Å²) in [6, 6.07) is 4.80. The molecule has 6 nitrogen and oxygen atoms in total. The number of furan rings is 1. The first-order valence-electron chi connectivity index (χ1n) is 5.56. The average molecular weight is 264 g/mol. The molecule has 0 saturated carbocycles. The van der Waals surface area contributed by atoms with Crippen LogP contribution in [0.25, 0.3) is 0 Å². The van der Waals surface area contributed by atoms with Gasteiger partial charge in [0.15, 0.2) is 11.6 Å². The molecule has 1 amide bonds. The Balaban J connectivity index is 2.08. The monoisotopic (exact) mass is 264 g/mol. The van der Waals surface area contributed by atoms with Crippen LogP contribution >= 0.6 is 0 Å². The SMILES string of the molecule is Cc1ccc(CNC(=O)c2ccnc(NN)c2F)o1. The van der Waals surface area contributed by atoms with Gasteiger partial charge in [-0.3, -0.25) is 4.79 Å². The number of aromatic nitrogens is 1. The maximum absolute atomic E-state index is 13.8. The van der Waals surface area contributed by atoms with Crippen molar-refractivity contribution in [3.8, 4) is 0 Å². The van der Waals surface area contributed by atoms with E-state index < -0.39 is 11.7 Å². The summed E-state index contributed by atoms with van der Waals surface area (Å²) in [6.45, 7) is 1.98. The summed E-state index contributed by atoms with van der Waals surface area (Å²) in [5.41, 5.74) is 1.95. The van der Waals surface area contributed by atoms with E-state index in [1.54, 1.807) is 19.1 Å². The molecule has 7 heteroatoms. The second-order valence-electron chi connectivity index (χ2n) is 3.86. The van der Waals surface area contributed by atoms with Crippen LogP contribution in [-0.4, -0.2) is 10.9 Å². The smallest absolute Gasteiger partial charge is 0.254 e. The Morgan fingerprint density at radius 2 is 2.26 bits per heavy atom. The molecule has 2 rings (SSSR count). The van der Waals surface area contributed by atoms with Gasteiger partial charge in [-0.25, -0.2) is 15.2 Å². The maximum Gasteiger partial charge on any atom is 0.254 e. The molecule has 2 aromatic rings. The van der Waals surface area contributed by atoms with Crippen LogP contribution < -0.4 is 16.6 Å². The second-order valence-corrected chi connectivity index (χ2v) is 3.86. The summed E-state index contributed by atoms with van der Waals surface area (Å²) < 4.78 is 19.1. The van der Waals surface area contributed by atoms with Crippen molar-refractivity contribution in [3.05, 3.63) is 47.3 Å². The van der Waals surface area contributed by atoms with Gasteiger partial charge in [-0.15, -0.1) is 0 Å². The molecule has 0 aliphatic heterocycles. The van der Waals surface area contributed by atoms with E-state index in [2.05, 4.69) is 15.7 Å². The Bertz CT molecular complexity index is 597. The van der Waals surface area contributed by atoms with Crippen LogP contribution in [0.5, 0.6) is 0 Å². The van der Waals surface area contributed by atoms with E-state index in [0.29, 0.717) is 5.76 Å². The molecule has 4 N–H and O–H groups in total. The van der Waals surface area contributed by atoms with Gasteiger partial charge in [0, 0.05) is 6.20 Å². The number of nitrogens with one attached hydrogen (secondary N) is 2. The minimum atomic E-state index is -0.793. The first-order chi connectivity index (χ1) is 9.11. The van der Waals surface area contributed by atoms with Crippen LogP contribution in [0.15, 0.2) is 28.8 Å². The molecule has 0 spiro atoms. The number of carbonyl (C=O) groups is 1. The zero-order valence-electron chi connectivity index (χ0n) is 10.2. The molecule has 0 bridgehead atoms. The Labute approximate surface area is 108 Å². The predicted octanol–water partition coefficient (Wildman–Crippen LogP) is 1.34. The Morgan fingerprint density at radius 1 is 1.47 bits per heavy atom. The number of nitrogens with two attached hydrogens (primary N) is 1. The normalized spacial score (nSPS) is 10.3. The molecule has 2 heterocycles. The number of carbonyl (C=O) groups excluding carboxylic acids is 1. The number of nitrogens with zero attached hydrogens (tertiary/aromatic N) is 1. The van der Waals surface area contributed by atoms with Crippen molar-refractivity contribution in [2.45, 2.75) is 13.5 Å². The van der Waals surface area contributed by atoms with E-state index in [4.69, 9.17) is 10.3 Å². The number of hydrazine groups is 1. The van der Waals surface area contributed by atoms with Gasteiger partial charge in [0.1, 0.15) is 11.5 Å². The van der Waals surface area contributed by atoms with Crippen molar-refractivity contribution in [3.63, 3.8) is 0 Å². The standard InChI is InChI=1S/C12H13FN4O2/c1-7-2-3-8(19-7)6-16-12(18)9-4-5-15-11(17-14)10(9)13/h2-5H,6,14H2,1H3,(H,15,17)(H,16,18). The van der Waals surface area contributed by atoms with Crippen molar-refractivity contribution >= 4 is 11.7 Å². The van der Waals surface area contributed by atoms with Crippen LogP contribution in [0, 0.1) is 12.7 Å². The lowest BCUT2D eigenvalue weighted by atomic mass is 10.2. The van der Waals surface area contributed by atoms with Crippen LogP contribution in [0.3, 0.4) is 0 Å². The fourth-order valence-electron chi connectivity index (χ4n) is 1.56. The minimum absolute atomic E-state index is 0.133. The number of halogens is 1. The lowest BCUT2D eigenvalue weighted by Gasteiger charge is -2.07. The molecule has 0 aliphatic carbocycles. The summed E-state index contributed by atoms with van der Waals surface area (Å²) in [7, 11) is 0. The summed E-state index contributed by atoms with van der Waals surface area (Å²) >= 11 is 0. The Morgan fingerprint density at radius 3 is 2.89 bits per heavy atom. The van der Waals surface area contributed by atoms with Crippen LogP contribution in [-0.2, 0) is 6.54 Å². The molecule has 19 heavy (non-hydrogen) atoms. The van der Waals surface area contributed by atoms with Gasteiger partial charge in [-0.2, -0.15) is 0 Å². The van der Waals surface area contributed by atoms with Gasteiger partial charge >= 0.3 is 0 Å². The highest BCUT2D eigenvalue weighted by Gasteiger charge is 2.15. The van der Waals surface area contributed by atoms with Gasteiger partial charge in [0.2, 0.25) is 0 Å². The highest BCUT2D eigenvalue weighted by atomic mass is 19.1. The first-order valence-corrected chi connectivity index (χ1v) is 5.56. The number of nitrogen functional groups attached to an aromatic ring is 1. The number of hydrogen-bond acceptors (Lipinski definition) is 5. The Kier molecular flexibility index (Phi) is 3.76. The molecular weight excluding hydrogens is 251 g/mol. The van der Waals surface area contributed by atoms with Crippen molar-refractivity contribution in [1.29, 1.82) is 0 Å².